The van der Waals surface area contributed by atoms with Crippen molar-refractivity contribution < 1.29 is 0 Å². The molecule has 0 N–H and O–H groups in total. The molecule has 3 nitrogen and oxygen atoms in total. The van der Waals surface area contributed by atoms with Gasteiger partial charge in [0, 0.05) is 30.0 Å². The number of pyridine rings is 1. The first kappa shape index (κ1) is 7.28. The summed E-state index contributed by atoms with van der Waals surface area (Å²) in [5, 5.41) is 5.49. The van der Waals surface area contributed by atoms with Crippen LogP contribution >= 0.6 is 0 Å². The highest BCUT2D eigenvalue weighted by molar-refractivity contribution is 5.76. The maximum absolute atomic E-state index is 4.39. The Labute approximate surface area is 71.0 Å². The Morgan fingerprint density at radius 2 is 2.25 bits per heavy atom. The van der Waals surface area contributed by atoms with E-state index in [1.54, 1.807) is 6.20 Å². The molecular weight excluding hydrogens is 150 g/mol. The fourth-order valence-corrected chi connectivity index (χ4v) is 1.15. The van der Waals surface area contributed by atoms with Crippen LogP contribution in [0.5, 0.6) is 0 Å². The fraction of sp³-hybridized carbons (Fsp3) is 0.333. The molecule has 0 aliphatic heterocycles. The topological polar surface area (TPSA) is 30.7 Å². The van der Waals surface area contributed by atoms with E-state index in [-0.39, 0.29) is 0 Å². The van der Waals surface area contributed by atoms with E-state index in [1.165, 1.54) is 0 Å². The van der Waals surface area contributed by atoms with Gasteiger partial charge in [-0.2, -0.15) is 5.10 Å². The first-order chi connectivity index (χ1) is 5.77. The quantitative estimate of drug-likeness (QED) is 0.640. The van der Waals surface area contributed by atoms with E-state index in [1.807, 2.05) is 23.1 Å². The number of hydrogen-bond acceptors (Lipinski definition) is 2. The van der Waals surface area contributed by atoms with Crippen LogP contribution in [-0.4, -0.2) is 14.8 Å². The van der Waals surface area contributed by atoms with Gasteiger partial charge in [0.15, 0.2) is 0 Å². The average molecular weight is 161 g/mol. The van der Waals surface area contributed by atoms with Crippen molar-refractivity contribution in [3.05, 3.63) is 24.7 Å². The number of aromatic nitrogens is 3. The van der Waals surface area contributed by atoms with E-state index in [0.29, 0.717) is 6.04 Å². The lowest BCUT2D eigenvalue weighted by Crippen LogP contribution is -1.99. The van der Waals surface area contributed by atoms with Crippen LogP contribution in [0.4, 0.5) is 0 Å². The van der Waals surface area contributed by atoms with Gasteiger partial charge in [-0.3, -0.25) is 9.67 Å². The van der Waals surface area contributed by atoms with Gasteiger partial charge >= 0.3 is 0 Å². The summed E-state index contributed by atoms with van der Waals surface area (Å²) >= 11 is 0. The average Bonchev–Trinajstić information content (AvgIpc) is 2.46. The Balaban J connectivity index is 2.62. The summed E-state index contributed by atoms with van der Waals surface area (Å²) in [4.78, 5) is 4.03. The van der Waals surface area contributed by atoms with E-state index < -0.39 is 0 Å². The normalized spacial score (nSPS) is 11.2. The molecule has 0 unspecified atom stereocenters. The lowest BCUT2D eigenvalue weighted by molar-refractivity contribution is 0.537. The summed E-state index contributed by atoms with van der Waals surface area (Å²) in [6.07, 6.45) is 5.62. The molecule has 0 amide bonds. The van der Waals surface area contributed by atoms with Crippen molar-refractivity contribution in [3.8, 4) is 0 Å². The minimum Gasteiger partial charge on any atom is -0.269 e. The molecule has 12 heavy (non-hydrogen) atoms. The highest BCUT2D eigenvalue weighted by Gasteiger charge is 2.01. The van der Waals surface area contributed by atoms with Gasteiger partial charge in [-0.15, -0.1) is 0 Å². The third-order valence-corrected chi connectivity index (χ3v) is 1.85. The molecule has 0 spiro atoms. The molecule has 0 atom stereocenters. The predicted octanol–water partition coefficient (Wildman–Crippen LogP) is 2.01. The van der Waals surface area contributed by atoms with Crippen molar-refractivity contribution in [3.63, 3.8) is 0 Å². The van der Waals surface area contributed by atoms with Crippen molar-refractivity contribution in [2.45, 2.75) is 19.9 Å². The van der Waals surface area contributed by atoms with Gasteiger partial charge in [0.25, 0.3) is 0 Å². The molecule has 0 aliphatic carbocycles. The first-order valence-corrected chi connectivity index (χ1v) is 4.06. The van der Waals surface area contributed by atoms with Gasteiger partial charge in [-0.05, 0) is 19.9 Å². The standard InChI is InChI=1S/C9H11N3/c1-7(2)12-6-8-5-10-4-3-9(8)11-12/h3-7H,1-2H3. The molecule has 2 rings (SSSR count). The van der Waals surface area contributed by atoms with Crippen molar-refractivity contribution >= 4 is 10.9 Å². The monoisotopic (exact) mass is 161 g/mol. The third-order valence-electron chi connectivity index (χ3n) is 1.85. The third kappa shape index (κ3) is 1.07. The van der Waals surface area contributed by atoms with Crippen molar-refractivity contribution in [2.75, 3.05) is 0 Å². The molecule has 0 fully saturated rings. The van der Waals surface area contributed by atoms with Crippen LogP contribution in [0.15, 0.2) is 24.7 Å². The van der Waals surface area contributed by atoms with Crippen LogP contribution in [0.2, 0.25) is 0 Å². The summed E-state index contributed by atoms with van der Waals surface area (Å²) in [6.45, 7) is 4.22. The Bertz CT molecular complexity index is 356. The molecule has 0 saturated heterocycles. The van der Waals surface area contributed by atoms with Gasteiger partial charge in [0.05, 0.1) is 5.52 Å². The molecule has 0 aromatic carbocycles. The van der Waals surface area contributed by atoms with Gasteiger partial charge in [0.1, 0.15) is 0 Å². The van der Waals surface area contributed by atoms with Gasteiger partial charge in [-0.25, -0.2) is 0 Å². The molecule has 2 aromatic heterocycles. The molecule has 0 saturated carbocycles. The summed E-state index contributed by atoms with van der Waals surface area (Å²) in [5.74, 6) is 0. The molecule has 3 heteroatoms. The molecular formula is C9H11N3. The summed E-state index contributed by atoms with van der Waals surface area (Å²) in [6, 6.07) is 2.34. The summed E-state index contributed by atoms with van der Waals surface area (Å²) < 4.78 is 1.95. The Hall–Kier alpha value is -1.38. The van der Waals surface area contributed by atoms with Gasteiger partial charge in [0.2, 0.25) is 0 Å². The molecule has 0 bridgehead atoms. The molecule has 0 aliphatic rings. The van der Waals surface area contributed by atoms with Crippen LogP contribution in [0.3, 0.4) is 0 Å². The second kappa shape index (κ2) is 2.59. The first-order valence-electron chi connectivity index (χ1n) is 4.06. The Morgan fingerprint density at radius 3 is 2.92 bits per heavy atom. The molecule has 2 heterocycles. The molecule has 0 radical (unpaired) electrons. The smallest absolute Gasteiger partial charge is 0.0954 e. The highest BCUT2D eigenvalue weighted by atomic mass is 15.3. The molecule has 2 aromatic rings. The second-order valence-electron chi connectivity index (χ2n) is 3.14. The SMILES string of the molecule is CC(C)n1cc2cnccc2n1. The number of hydrogen-bond donors (Lipinski definition) is 0. The Kier molecular flexibility index (Phi) is 1.57. The summed E-state index contributed by atoms with van der Waals surface area (Å²) in [5.41, 5.74) is 1.01. The zero-order chi connectivity index (χ0) is 8.55. The minimum atomic E-state index is 0.414. The minimum absolute atomic E-state index is 0.414. The Morgan fingerprint density at radius 1 is 1.42 bits per heavy atom. The summed E-state index contributed by atoms with van der Waals surface area (Å²) in [7, 11) is 0. The van der Waals surface area contributed by atoms with E-state index in [4.69, 9.17) is 0 Å². The fourth-order valence-electron chi connectivity index (χ4n) is 1.15. The lowest BCUT2D eigenvalue weighted by Gasteiger charge is -2.02. The van der Waals surface area contributed by atoms with E-state index in [9.17, 15) is 0 Å². The van der Waals surface area contributed by atoms with E-state index >= 15 is 0 Å². The van der Waals surface area contributed by atoms with Crippen LogP contribution in [0.1, 0.15) is 19.9 Å². The zero-order valence-corrected chi connectivity index (χ0v) is 7.23. The van der Waals surface area contributed by atoms with Crippen molar-refractivity contribution in [1.82, 2.24) is 14.8 Å². The molecule has 62 valence electrons. The van der Waals surface area contributed by atoms with Crippen LogP contribution in [0.25, 0.3) is 10.9 Å². The van der Waals surface area contributed by atoms with Gasteiger partial charge in [-0.1, -0.05) is 0 Å². The zero-order valence-electron chi connectivity index (χ0n) is 7.23. The number of fused-ring (bicyclic) bond motifs is 1. The van der Waals surface area contributed by atoms with Crippen LogP contribution in [-0.2, 0) is 0 Å². The maximum atomic E-state index is 4.39. The highest BCUT2D eigenvalue weighted by Crippen LogP contribution is 2.12. The second-order valence-corrected chi connectivity index (χ2v) is 3.14. The van der Waals surface area contributed by atoms with Crippen molar-refractivity contribution in [1.29, 1.82) is 0 Å². The maximum Gasteiger partial charge on any atom is 0.0954 e. The largest absolute Gasteiger partial charge is 0.269 e. The number of nitrogens with zero attached hydrogens (tertiary/aromatic N) is 3. The number of rotatable bonds is 1. The lowest BCUT2D eigenvalue weighted by atomic mass is 10.3. The van der Waals surface area contributed by atoms with E-state index in [2.05, 4.69) is 23.9 Å². The predicted molar refractivity (Wildman–Crippen MR) is 47.9 cm³/mol. The van der Waals surface area contributed by atoms with Crippen LogP contribution in [0, 0.1) is 0 Å². The van der Waals surface area contributed by atoms with Gasteiger partial charge < -0.3 is 0 Å². The van der Waals surface area contributed by atoms with Crippen molar-refractivity contribution in [2.24, 2.45) is 0 Å². The van der Waals surface area contributed by atoms with Crippen LogP contribution < -0.4 is 0 Å². The van der Waals surface area contributed by atoms with E-state index in [0.717, 1.165) is 10.9 Å².